The molecule has 4 rings (SSSR count). The Kier molecular flexibility index (Phi) is 6.29. The molecular formula is C26H30N4O2. The van der Waals surface area contributed by atoms with Crippen LogP contribution in [0, 0.1) is 11.3 Å². The van der Waals surface area contributed by atoms with E-state index in [1.165, 1.54) is 0 Å². The SMILES string of the molecule is C[C@@H](CC1(C(N)=O)c2ccccc2CCc2ccccc21)NCC(=O)N1CCC[C@H]1C#N. The second-order valence-electron chi connectivity index (χ2n) is 8.94. The van der Waals surface area contributed by atoms with Gasteiger partial charge in [0.25, 0.3) is 0 Å². The van der Waals surface area contributed by atoms with E-state index in [9.17, 15) is 14.9 Å². The summed E-state index contributed by atoms with van der Waals surface area (Å²) >= 11 is 0. The van der Waals surface area contributed by atoms with Crippen molar-refractivity contribution >= 4 is 11.8 Å². The van der Waals surface area contributed by atoms with Gasteiger partial charge in [0.05, 0.1) is 12.6 Å². The molecule has 2 aromatic rings. The first-order valence-corrected chi connectivity index (χ1v) is 11.4. The number of nitriles is 1. The second-order valence-corrected chi connectivity index (χ2v) is 8.94. The van der Waals surface area contributed by atoms with Gasteiger partial charge in [0.1, 0.15) is 11.5 Å². The molecule has 32 heavy (non-hydrogen) atoms. The quantitative estimate of drug-likeness (QED) is 0.735. The van der Waals surface area contributed by atoms with Crippen LogP contribution < -0.4 is 11.1 Å². The van der Waals surface area contributed by atoms with Gasteiger partial charge in [0.15, 0.2) is 0 Å². The van der Waals surface area contributed by atoms with Gasteiger partial charge in [0, 0.05) is 12.6 Å². The summed E-state index contributed by atoms with van der Waals surface area (Å²) < 4.78 is 0. The summed E-state index contributed by atoms with van der Waals surface area (Å²) in [6, 6.07) is 17.8. The molecule has 0 aromatic heterocycles. The van der Waals surface area contributed by atoms with Crippen molar-refractivity contribution in [3.05, 3.63) is 70.8 Å². The number of likely N-dealkylation sites (tertiary alicyclic amines) is 1. The van der Waals surface area contributed by atoms with E-state index in [4.69, 9.17) is 5.73 Å². The van der Waals surface area contributed by atoms with Crippen molar-refractivity contribution in [3.63, 3.8) is 0 Å². The smallest absolute Gasteiger partial charge is 0.237 e. The molecule has 166 valence electrons. The maximum Gasteiger partial charge on any atom is 0.237 e. The van der Waals surface area contributed by atoms with Crippen molar-refractivity contribution in [1.29, 1.82) is 5.26 Å². The molecule has 2 amide bonds. The van der Waals surface area contributed by atoms with Gasteiger partial charge >= 0.3 is 0 Å². The molecule has 0 bridgehead atoms. The van der Waals surface area contributed by atoms with Crippen LogP contribution in [0.5, 0.6) is 0 Å². The lowest BCUT2D eigenvalue weighted by molar-refractivity contribution is -0.130. The largest absolute Gasteiger partial charge is 0.369 e. The topological polar surface area (TPSA) is 99.2 Å². The van der Waals surface area contributed by atoms with Crippen LogP contribution in [-0.2, 0) is 27.8 Å². The van der Waals surface area contributed by atoms with Gasteiger partial charge in [-0.15, -0.1) is 0 Å². The van der Waals surface area contributed by atoms with Gasteiger partial charge in [-0.3, -0.25) is 9.59 Å². The van der Waals surface area contributed by atoms with Crippen molar-refractivity contribution in [2.45, 2.75) is 56.5 Å². The van der Waals surface area contributed by atoms with Crippen molar-refractivity contribution < 1.29 is 9.59 Å². The van der Waals surface area contributed by atoms with E-state index in [1.54, 1.807) is 4.90 Å². The Morgan fingerprint density at radius 2 is 1.75 bits per heavy atom. The lowest BCUT2D eigenvalue weighted by Crippen LogP contribution is -2.49. The highest BCUT2D eigenvalue weighted by atomic mass is 16.2. The molecule has 3 N–H and O–H groups in total. The number of primary amides is 1. The van der Waals surface area contributed by atoms with E-state index in [2.05, 4.69) is 23.5 Å². The summed E-state index contributed by atoms with van der Waals surface area (Å²) in [5.74, 6) is -0.445. The maximum absolute atomic E-state index is 13.2. The number of rotatable bonds is 6. The van der Waals surface area contributed by atoms with E-state index >= 15 is 0 Å². The highest BCUT2D eigenvalue weighted by molar-refractivity contribution is 5.92. The van der Waals surface area contributed by atoms with Gasteiger partial charge in [-0.25, -0.2) is 0 Å². The third-order valence-corrected chi connectivity index (χ3v) is 6.97. The van der Waals surface area contributed by atoms with E-state index in [-0.39, 0.29) is 30.4 Å². The number of nitrogens with two attached hydrogens (primary N) is 1. The zero-order valence-electron chi connectivity index (χ0n) is 18.5. The lowest BCUT2D eigenvalue weighted by atomic mass is 9.68. The van der Waals surface area contributed by atoms with Gasteiger partial charge in [-0.05, 0) is 61.3 Å². The lowest BCUT2D eigenvalue weighted by Gasteiger charge is -2.36. The first kappa shape index (κ1) is 22.0. The number of nitrogens with one attached hydrogen (secondary N) is 1. The number of fused-ring (bicyclic) bond motifs is 2. The molecule has 0 spiro atoms. The predicted octanol–water partition coefficient (Wildman–Crippen LogP) is 2.44. The van der Waals surface area contributed by atoms with E-state index in [0.717, 1.165) is 47.9 Å². The Balaban J connectivity index is 1.62. The monoisotopic (exact) mass is 430 g/mol. The average molecular weight is 431 g/mol. The number of hydrogen-bond donors (Lipinski definition) is 2. The third kappa shape index (κ3) is 3.89. The predicted molar refractivity (Wildman–Crippen MR) is 123 cm³/mol. The highest BCUT2D eigenvalue weighted by Gasteiger charge is 2.45. The van der Waals surface area contributed by atoms with Gasteiger partial charge < -0.3 is 16.0 Å². The number of amides is 2. The van der Waals surface area contributed by atoms with Crippen LogP contribution in [0.15, 0.2) is 48.5 Å². The Labute approximate surface area is 189 Å². The molecule has 1 fully saturated rings. The minimum absolute atomic E-state index is 0.0734. The van der Waals surface area contributed by atoms with Gasteiger partial charge in [-0.1, -0.05) is 48.5 Å². The van der Waals surface area contributed by atoms with E-state index in [1.807, 2.05) is 43.3 Å². The van der Waals surface area contributed by atoms with E-state index < -0.39 is 5.41 Å². The van der Waals surface area contributed by atoms with E-state index in [0.29, 0.717) is 13.0 Å². The van der Waals surface area contributed by atoms with Crippen LogP contribution in [0.2, 0.25) is 0 Å². The van der Waals surface area contributed by atoms with Crippen molar-refractivity contribution in [2.75, 3.05) is 13.1 Å². The third-order valence-electron chi connectivity index (χ3n) is 6.97. The fraction of sp³-hybridized carbons (Fsp3) is 0.423. The number of benzene rings is 2. The summed E-state index contributed by atoms with van der Waals surface area (Å²) in [4.78, 5) is 27.6. The number of carbonyl (C=O) groups excluding carboxylic acids is 2. The van der Waals surface area contributed by atoms with Crippen LogP contribution in [-0.4, -0.2) is 41.9 Å². The highest BCUT2D eigenvalue weighted by Crippen LogP contribution is 2.43. The zero-order chi connectivity index (χ0) is 22.7. The fourth-order valence-electron chi connectivity index (χ4n) is 5.40. The molecule has 1 aliphatic heterocycles. The molecule has 2 atom stereocenters. The molecule has 0 unspecified atom stereocenters. The summed E-state index contributed by atoms with van der Waals surface area (Å²) in [5.41, 5.74) is 9.39. The molecule has 0 saturated carbocycles. The Hall–Kier alpha value is -3.17. The van der Waals surface area contributed by atoms with Crippen molar-refractivity contribution in [3.8, 4) is 6.07 Å². The normalized spacial score (nSPS) is 19.9. The minimum Gasteiger partial charge on any atom is -0.369 e. The zero-order valence-corrected chi connectivity index (χ0v) is 18.5. The first-order valence-electron chi connectivity index (χ1n) is 11.4. The first-order chi connectivity index (χ1) is 15.5. The molecular weight excluding hydrogens is 400 g/mol. The molecule has 0 radical (unpaired) electrons. The number of aryl methyl sites for hydroxylation is 2. The summed E-state index contributed by atoms with van der Waals surface area (Å²) in [6.45, 7) is 2.75. The summed E-state index contributed by atoms with van der Waals surface area (Å²) in [7, 11) is 0. The van der Waals surface area contributed by atoms with Gasteiger partial charge in [0.2, 0.25) is 11.8 Å². The molecule has 1 saturated heterocycles. The Bertz CT molecular complexity index is 1010. The van der Waals surface area contributed by atoms with Crippen LogP contribution >= 0.6 is 0 Å². The number of hydrogen-bond acceptors (Lipinski definition) is 4. The maximum atomic E-state index is 13.2. The molecule has 6 nitrogen and oxygen atoms in total. The standard InChI is InChI=1S/C26H30N4O2/c1-18(29-17-24(31)30-14-6-9-21(30)16-27)15-26(25(28)32)22-10-4-2-7-19(22)12-13-20-8-3-5-11-23(20)26/h2-5,7-8,10-11,18,21,29H,6,9,12-15,17H2,1H3,(H2,28,32)/t18-,21-/m0/s1. The molecule has 6 heteroatoms. The Morgan fingerprint density at radius 1 is 1.16 bits per heavy atom. The Morgan fingerprint density at radius 3 is 2.31 bits per heavy atom. The molecule has 1 aliphatic carbocycles. The minimum atomic E-state index is -0.970. The van der Waals surface area contributed by atoms with Crippen LogP contribution in [0.3, 0.4) is 0 Å². The van der Waals surface area contributed by atoms with Crippen LogP contribution in [0.25, 0.3) is 0 Å². The number of nitrogens with zero attached hydrogens (tertiary/aromatic N) is 2. The van der Waals surface area contributed by atoms with Crippen molar-refractivity contribution in [2.24, 2.45) is 5.73 Å². The molecule has 2 aromatic carbocycles. The van der Waals surface area contributed by atoms with Gasteiger partial charge in [-0.2, -0.15) is 5.26 Å². The molecule has 1 heterocycles. The summed E-state index contributed by atoms with van der Waals surface area (Å²) in [5, 5.41) is 12.6. The molecule has 2 aliphatic rings. The van der Waals surface area contributed by atoms with Crippen LogP contribution in [0.1, 0.15) is 48.4 Å². The summed E-state index contributed by atoms with van der Waals surface area (Å²) in [6.07, 6.45) is 3.75. The van der Waals surface area contributed by atoms with Crippen LogP contribution in [0.4, 0.5) is 0 Å². The number of carbonyl (C=O) groups is 2. The second kappa shape index (κ2) is 9.13. The fourth-order valence-corrected chi connectivity index (χ4v) is 5.40. The average Bonchev–Trinajstić information content (AvgIpc) is 3.24. The van der Waals surface area contributed by atoms with Crippen molar-refractivity contribution in [1.82, 2.24) is 10.2 Å².